The molecule has 0 aliphatic rings. The van der Waals surface area contributed by atoms with Gasteiger partial charge in [-0.2, -0.15) is 0 Å². The number of carbonyl (C=O) groups is 2. The smallest absolute Gasteiger partial charge is 0.257 e. The first-order valence-electron chi connectivity index (χ1n) is 7.66. The minimum atomic E-state index is -0.398. The molecule has 0 saturated carbocycles. The number of rotatable bonds is 6. The molecule has 2 N–H and O–H groups in total. The molecule has 24 heavy (non-hydrogen) atoms. The molecule has 0 aromatic heterocycles. The van der Waals surface area contributed by atoms with E-state index in [1.807, 2.05) is 6.92 Å². The average Bonchev–Trinajstić information content (AvgIpc) is 2.55. The molecule has 2 rings (SSSR count). The van der Waals surface area contributed by atoms with E-state index in [1.165, 1.54) is 0 Å². The van der Waals surface area contributed by atoms with Crippen LogP contribution in [0.1, 0.15) is 40.5 Å². The number of nitrogens with one attached hydrogen (secondary N) is 2. The molecule has 0 heterocycles. The van der Waals surface area contributed by atoms with Gasteiger partial charge in [-0.25, -0.2) is 0 Å². The Morgan fingerprint density at radius 1 is 1.00 bits per heavy atom. The van der Waals surface area contributed by atoms with Crippen LogP contribution in [0, 0.1) is 0 Å². The summed E-state index contributed by atoms with van der Waals surface area (Å²) in [5, 5.41) is 6.30. The number of hydrogen-bond donors (Lipinski definition) is 2. The van der Waals surface area contributed by atoms with Crippen molar-refractivity contribution in [2.75, 3.05) is 11.9 Å². The molecule has 2 aromatic carbocycles. The molecule has 2 aromatic rings. The van der Waals surface area contributed by atoms with Crippen LogP contribution in [0.3, 0.4) is 0 Å². The number of unbranched alkanes of at least 4 members (excludes halogenated alkanes) is 1. The lowest BCUT2D eigenvalue weighted by molar-refractivity contribution is 0.0954. The molecule has 4 nitrogen and oxygen atoms in total. The second kappa shape index (κ2) is 8.71. The first-order valence-corrected chi connectivity index (χ1v) is 8.42. The van der Waals surface area contributed by atoms with Gasteiger partial charge in [-0.05, 0) is 36.8 Å². The minimum absolute atomic E-state index is 0.255. The molecule has 0 aliphatic heterocycles. The van der Waals surface area contributed by atoms with Gasteiger partial charge in [-0.1, -0.05) is 48.7 Å². The van der Waals surface area contributed by atoms with Crippen LogP contribution in [0.25, 0.3) is 0 Å². The molecule has 0 bridgehead atoms. The Hall–Kier alpha value is -2.04. The Morgan fingerprint density at radius 2 is 1.75 bits per heavy atom. The lowest BCUT2D eigenvalue weighted by atomic mass is 10.1. The molecular formula is C18H18Cl2N2O2. The molecule has 0 spiro atoms. The van der Waals surface area contributed by atoms with Crippen LogP contribution in [0.4, 0.5) is 5.69 Å². The summed E-state index contributed by atoms with van der Waals surface area (Å²) in [4.78, 5) is 24.7. The summed E-state index contributed by atoms with van der Waals surface area (Å²) < 4.78 is 0. The summed E-state index contributed by atoms with van der Waals surface area (Å²) in [6.45, 7) is 2.62. The molecule has 0 aliphatic carbocycles. The second-order valence-electron chi connectivity index (χ2n) is 5.23. The van der Waals surface area contributed by atoms with Gasteiger partial charge in [0.2, 0.25) is 0 Å². The van der Waals surface area contributed by atoms with Gasteiger partial charge in [0.25, 0.3) is 11.8 Å². The standard InChI is InChI=1S/C18H18Cl2N2O2/c1-2-3-10-21-17(23)14-9-8-12(19)11-16(14)22-18(24)13-6-4-5-7-15(13)20/h4-9,11H,2-3,10H2,1H3,(H,21,23)(H,22,24). The van der Waals surface area contributed by atoms with Gasteiger partial charge in [-0.3, -0.25) is 9.59 Å². The van der Waals surface area contributed by atoms with Crippen molar-refractivity contribution in [3.63, 3.8) is 0 Å². The molecule has 0 fully saturated rings. The number of halogens is 2. The van der Waals surface area contributed by atoms with Gasteiger partial charge in [0.15, 0.2) is 0 Å². The second-order valence-corrected chi connectivity index (χ2v) is 6.08. The fraction of sp³-hybridized carbons (Fsp3) is 0.222. The summed E-state index contributed by atoms with van der Waals surface area (Å²) in [7, 11) is 0. The van der Waals surface area contributed by atoms with E-state index < -0.39 is 5.91 Å². The predicted molar refractivity (Wildman–Crippen MR) is 98.1 cm³/mol. The third-order valence-electron chi connectivity index (χ3n) is 3.41. The van der Waals surface area contributed by atoms with E-state index >= 15 is 0 Å². The van der Waals surface area contributed by atoms with Crippen LogP contribution in [0.2, 0.25) is 10.0 Å². The summed E-state index contributed by atoms with van der Waals surface area (Å²) in [6.07, 6.45) is 1.87. The number of amides is 2. The summed E-state index contributed by atoms with van der Waals surface area (Å²) in [6, 6.07) is 11.5. The first kappa shape index (κ1) is 18.3. The monoisotopic (exact) mass is 364 g/mol. The zero-order valence-corrected chi connectivity index (χ0v) is 14.7. The van der Waals surface area contributed by atoms with E-state index in [9.17, 15) is 9.59 Å². The molecular weight excluding hydrogens is 347 g/mol. The van der Waals surface area contributed by atoms with Gasteiger partial charge < -0.3 is 10.6 Å². The highest BCUT2D eigenvalue weighted by Gasteiger charge is 2.16. The number of anilines is 1. The molecule has 0 saturated heterocycles. The van der Waals surface area contributed by atoms with E-state index in [0.717, 1.165) is 12.8 Å². The maximum atomic E-state index is 12.4. The predicted octanol–water partition coefficient (Wildman–Crippen LogP) is 4.78. The summed E-state index contributed by atoms with van der Waals surface area (Å²) in [5.74, 6) is -0.653. The highest BCUT2D eigenvalue weighted by Crippen LogP contribution is 2.23. The van der Waals surface area contributed by atoms with Crippen LogP contribution in [-0.4, -0.2) is 18.4 Å². The highest BCUT2D eigenvalue weighted by molar-refractivity contribution is 6.34. The zero-order chi connectivity index (χ0) is 17.5. The van der Waals surface area contributed by atoms with Crippen molar-refractivity contribution in [1.82, 2.24) is 5.32 Å². The van der Waals surface area contributed by atoms with E-state index in [4.69, 9.17) is 23.2 Å². The third-order valence-corrected chi connectivity index (χ3v) is 3.97. The minimum Gasteiger partial charge on any atom is -0.352 e. The van der Waals surface area contributed by atoms with Crippen molar-refractivity contribution < 1.29 is 9.59 Å². The summed E-state index contributed by atoms with van der Waals surface area (Å²) >= 11 is 12.0. The Kier molecular flexibility index (Phi) is 6.64. The van der Waals surface area contributed by atoms with Crippen LogP contribution in [-0.2, 0) is 0 Å². The van der Waals surface area contributed by atoms with Crippen molar-refractivity contribution in [2.24, 2.45) is 0 Å². The van der Waals surface area contributed by atoms with Gasteiger partial charge in [-0.15, -0.1) is 0 Å². The maximum Gasteiger partial charge on any atom is 0.257 e. The quantitative estimate of drug-likeness (QED) is 0.724. The van der Waals surface area contributed by atoms with Crippen molar-refractivity contribution in [1.29, 1.82) is 0 Å². The Morgan fingerprint density at radius 3 is 2.46 bits per heavy atom. The van der Waals surface area contributed by atoms with E-state index in [0.29, 0.717) is 33.4 Å². The van der Waals surface area contributed by atoms with Crippen molar-refractivity contribution in [2.45, 2.75) is 19.8 Å². The Labute approximate surface area is 151 Å². The van der Waals surface area contributed by atoms with Gasteiger partial charge in [0, 0.05) is 11.6 Å². The fourth-order valence-electron chi connectivity index (χ4n) is 2.13. The maximum absolute atomic E-state index is 12.4. The van der Waals surface area contributed by atoms with Gasteiger partial charge in [0.05, 0.1) is 21.8 Å². The molecule has 2 amide bonds. The Balaban J connectivity index is 2.23. The zero-order valence-electron chi connectivity index (χ0n) is 13.2. The normalized spacial score (nSPS) is 10.3. The lowest BCUT2D eigenvalue weighted by Gasteiger charge is -2.12. The van der Waals surface area contributed by atoms with Crippen molar-refractivity contribution >= 4 is 40.7 Å². The van der Waals surface area contributed by atoms with Crippen LogP contribution in [0.5, 0.6) is 0 Å². The number of benzene rings is 2. The molecule has 0 radical (unpaired) electrons. The Bertz CT molecular complexity index is 748. The molecule has 0 atom stereocenters. The summed E-state index contributed by atoms with van der Waals surface area (Å²) in [5.41, 5.74) is 1.04. The number of hydrogen-bond acceptors (Lipinski definition) is 2. The third kappa shape index (κ3) is 4.73. The van der Waals surface area contributed by atoms with Gasteiger partial charge >= 0.3 is 0 Å². The SMILES string of the molecule is CCCCNC(=O)c1ccc(Cl)cc1NC(=O)c1ccccc1Cl. The van der Waals surface area contributed by atoms with E-state index in [-0.39, 0.29) is 5.91 Å². The van der Waals surface area contributed by atoms with Crippen molar-refractivity contribution in [3.8, 4) is 0 Å². The lowest BCUT2D eigenvalue weighted by Crippen LogP contribution is -2.26. The van der Waals surface area contributed by atoms with Crippen LogP contribution >= 0.6 is 23.2 Å². The molecule has 6 heteroatoms. The highest BCUT2D eigenvalue weighted by atomic mass is 35.5. The molecule has 126 valence electrons. The van der Waals surface area contributed by atoms with Crippen LogP contribution in [0.15, 0.2) is 42.5 Å². The van der Waals surface area contributed by atoms with Crippen LogP contribution < -0.4 is 10.6 Å². The molecule has 0 unspecified atom stereocenters. The fourth-order valence-corrected chi connectivity index (χ4v) is 2.52. The largest absolute Gasteiger partial charge is 0.352 e. The first-order chi connectivity index (χ1) is 11.5. The number of carbonyl (C=O) groups excluding carboxylic acids is 2. The van der Waals surface area contributed by atoms with Crippen molar-refractivity contribution in [3.05, 3.63) is 63.6 Å². The topological polar surface area (TPSA) is 58.2 Å². The average molecular weight is 365 g/mol. The van der Waals surface area contributed by atoms with Gasteiger partial charge in [0.1, 0.15) is 0 Å². The van der Waals surface area contributed by atoms with E-state index in [2.05, 4.69) is 10.6 Å². The van der Waals surface area contributed by atoms with E-state index in [1.54, 1.807) is 42.5 Å².